The van der Waals surface area contributed by atoms with Crippen LogP contribution in [0.3, 0.4) is 0 Å². The lowest BCUT2D eigenvalue weighted by molar-refractivity contribution is 1.18. The molecule has 0 aliphatic heterocycles. The Labute approximate surface area is 271 Å². The van der Waals surface area contributed by atoms with E-state index >= 15 is 0 Å². The number of fused-ring (bicyclic) bond motifs is 7. The molecular formula is C44H27N3. The number of rotatable bonds is 3. The second-order valence-corrected chi connectivity index (χ2v) is 12.2. The van der Waals surface area contributed by atoms with Crippen molar-refractivity contribution < 1.29 is 0 Å². The molecule has 0 aliphatic carbocycles. The minimum Gasteiger partial charge on any atom is -0.309 e. The van der Waals surface area contributed by atoms with Crippen molar-refractivity contribution in [3.05, 3.63) is 164 Å². The van der Waals surface area contributed by atoms with Gasteiger partial charge in [-0.3, -0.25) is 0 Å². The van der Waals surface area contributed by atoms with E-state index in [4.69, 9.17) is 9.97 Å². The number of aromatic nitrogens is 3. The van der Waals surface area contributed by atoms with Crippen molar-refractivity contribution in [3.8, 4) is 27.9 Å². The summed E-state index contributed by atoms with van der Waals surface area (Å²) in [7, 11) is 0. The largest absolute Gasteiger partial charge is 0.309 e. The van der Waals surface area contributed by atoms with Crippen LogP contribution in [0.5, 0.6) is 0 Å². The molecule has 7 aromatic carbocycles. The van der Waals surface area contributed by atoms with Crippen LogP contribution in [-0.2, 0) is 0 Å². The first-order valence-corrected chi connectivity index (χ1v) is 16.0. The fraction of sp³-hybridized carbons (Fsp3) is 0. The van der Waals surface area contributed by atoms with Crippen LogP contribution in [0.1, 0.15) is 0 Å². The summed E-state index contributed by atoms with van der Waals surface area (Å²) in [5.74, 6) is 0. The third-order valence-corrected chi connectivity index (χ3v) is 9.52. The molecule has 47 heavy (non-hydrogen) atoms. The normalized spacial score (nSPS) is 11.8. The average Bonchev–Trinajstić information content (AvgIpc) is 3.46. The van der Waals surface area contributed by atoms with Crippen molar-refractivity contribution in [3.63, 3.8) is 0 Å². The van der Waals surface area contributed by atoms with Gasteiger partial charge < -0.3 is 4.57 Å². The second-order valence-electron chi connectivity index (χ2n) is 12.2. The Kier molecular flexibility index (Phi) is 5.57. The molecule has 0 spiro atoms. The minimum atomic E-state index is 1.01. The van der Waals surface area contributed by atoms with Gasteiger partial charge in [-0.05, 0) is 95.1 Å². The molecule has 3 heterocycles. The van der Waals surface area contributed by atoms with E-state index in [1.54, 1.807) is 0 Å². The van der Waals surface area contributed by atoms with E-state index < -0.39 is 0 Å². The standard InChI is InChI=1S/C44H27N3/c1-2-12-32(13-3-1)47-43-22-20-28(33-14-8-18-41-35(33)26-30-10-4-6-16-39(30)45-41)24-37(43)38-25-29(21-23-44(38)47)34-15-9-19-42-36(34)27-31-11-5-7-17-40(31)46-42/h1-27H. The molecule has 0 unspecified atom stereocenters. The van der Waals surface area contributed by atoms with Crippen LogP contribution in [-0.4, -0.2) is 14.5 Å². The van der Waals surface area contributed by atoms with Gasteiger partial charge in [-0.15, -0.1) is 0 Å². The molecule has 0 bridgehead atoms. The number of hydrogen-bond donors (Lipinski definition) is 0. The van der Waals surface area contributed by atoms with Crippen LogP contribution in [0.4, 0.5) is 0 Å². The Hall–Kier alpha value is -6.32. The minimum absolute atomic E-state index is 1.01. The summed E-state index contributed by atoms with van der Waals surface area (Å²) in [6.07, 6.45) is 0. The molecule has 10 rings (SSSR count). The third kappa shape index (κ3) is 4.07. The fourth-order valence-electron chi connectivity index (χ4n) is 7.31. The van der Waals surface area contributed by atoms with Crippen LogP contribution in [0.15, 0.2) is 164 Å². The van der Waals surface area contributed by atoms with Crippen molar-refractivity contribution in [1.82, 2.24) is 14.5 Å². The highest BCUT2D eigenvalue weighted by atomic mass is 15.0. The SMILES string of the molecule is c1ccc(-n2c3ccc(-c4cccc5nc6ccccc6cc45)cc3c3cc(-c4cccc5nc6ccccc6cc45)ccc32)cc1. The smallest absolute Gasteiger partial charge is 0.0715 e. The van der Waals surface area contributed by atoms with E-state index in [1.807, 2.05) is 12.1 Å². The zero-order chi connectivity index (χ0) is 30.9. The van der Waals surface area contributed by atoms with Crippen LogP contribution in [0.2, 0.25) is 0 Å². The average molecular weight is 598 g/mol. The van der Waals surface area contributed by atoms with Crippen molar-refractivity contribution in [1.29, 1.82) is 0 Å². The highest BCUT2D eigenvalue weighted by Crippen LogP contribution is 2.40. The van der Waals surface area contributed by atoms with E-state index in [0.29, 0.717) is 0 Å². The summed E-state index contributed by atoms with van der Waals surface area (Å²) in [6, 6.07) is 58.6. The van der Waals surface area contributed by atoms with Gasteiger partial charge in [-0.1, -0.05) is 91.0 Å². The first-order valence-electron chi connectivity index (χ1n) is 16.0. The lowest BCUT2D eigenvalue weighted by atomic mass is 9.96. The van der Waals surface area contributed by atoms with E-state index in [0.717, 1.165) is 49.3 Å². The van der Waals surface area contributed by atoms with Crippen LogP contribution >= 0.6 is 0 Å². The Morgan fingerprint density at radius 2 is 0.809 bits per heavy atom. The summed E-state index contributed by atoms with van der Waals surface area (Å²) in [6.45, 7) is 0. The van der Waals surface area contributed by atoms with E-state index in [9.17, 15) is 0 Å². The molecule has 0 atom stereocenters. The number of para-hydroxylation sites is 3. The summed E-state index contributed by atoms with van der Waals surface area (Å²) in [5, 5.41) is 7.06. The Morgan fingerprint density at radius 3 is 1.34 bits per heavy atom. The van der Waals surface area contributed by atoms with Gasteiger partial charge in [0.2, 0.25) is 0 Å². The lowest BCUT2D eigenvalue weighted by Crippen LogP contribution is -1.93. The molecule has 218 valence electrons. The zero-order valence-electron chi connectivity index (χ0n) is 25.4. The Morgan fingerprint density at radius 1 is 0.340 bits per heavy atom. The third-order valence-electron chi connectivity index (χ3n) is 9.52. The molecule has 3 heteroatoms. The molecule has 10 aromatic rings. The maximum absolute atomic E-state index is 5.00. The molecule has 3 aromatic heterocycles. The predicted molar refractivity (Wildman–Crippen MR) is 197 cm³/mol. The summed E-state index contributed by atoms with van der Waals surface area (Å²) >= 11 is 0. The van der Waals surface area contributed by atoms with E-state index in [-0.39, 0.29) is 0 Å². The van der Waals surface area contributed by atoms with Crippen LogP contribution in [0, 0.1) is 0 Å². The molecular weight excluding hydrogens is 571 g/mol. The fourth-order valence-corrected chi connectivity index (χ4v) is 7.31. The second kappa shape index (κ2) is 10.1. The van der Waals surface area contributed by atoms with Crippen molar-refractivity contribution in [2.45, 2.75) is 0 Å². The maximum atomic E-state index is 5.00. The number of nitrogens with zero attached hydrogens (tertiary/aromatic N) is 3. The quantitative estimate of drug-likeness (QED) is 0.190. The van der Waals surface area contributed by atoms with Crippen LogP contribution in [0.25, 0.3) is 93.4 Å². The highest BCUT2D eigenvalue weighted by molar-refractivity contribution is 6.13. The summed E-state index contributed by atoms with van der Waals surface area (Å²) in [4.78, 5) is 10.00. The molecule has 0 amide bonds. The Balaban J connectivity index is 1.24. The monoisotopic (exact) mass is 597 g/mol. The molecule has 0 saturated carbocycles. The predicted octanol–water partition coefficient (Wildman–Crippen LogP) is 11.5. The van der Waals surface area contributed by atoms with Gasteiger partial charge >= 0.3 is 0 Å². The van der Waals surface area contributed by atoms with Crippen LogP contribution < -0.4 is 0 Å². The molecule has 0 aliphatic rings. The topological polar surface area (TPSA) is 30.7 Å². The Bertz CT molecular complexity index is 2670. The van der Waals surface area contributed by atoms with Gasteiger partial charge in [0.05, 0.1) is 33.1 Å². The number of pyridine rings is 2. The van der Waals surface area contributed by atoms with E-state index in [1.165, 1.54) is 44.1 Å². The molecule has 0 N–H and O–H groups in total. The summed E-state index contributed by atoms with van der Waals surface area (Å²) in [5.41, 5.74) is 12.3. The lowest BCUT2D eigenvalue weighted by Gasteiger charge is -2.10. The molecule has 3 nitrogen and oxygen atoms in total. The van der Waals surface area contributed by atoms with Gasteiger partial charge in [0.1, 0.15) is 0 Å². The number of benzene rings is 7. The first-order chi connectivity index (χ1) is 23.3. The molecule has 0 saturated heterocycles. The van der Waals surface area contributed by atoms with Crippen molar-refractivity contribution >= 4 is 65.4 Å². The van der Waals surface area contributed by atoms with Crippen molar-refractivity contribution in [2.24, 2.45) is 0 Å². The first kappa shape index (κ1) is 26.0. The van der Waals surface area contributed by atoms with Gasteiger partial charge in [-0.2, -0.15) is 0 Å². The van der Waals surface area contributed by atoms with E-state index in [2.05, 4.69) is 156 Å². The highest BCUT2D eigenvalue weighted by Gasteiger charge is 2.16. The zero-order valence-corrected chi connectivity index (χ0v) is 25.4. The van der Waals surface area contributed by atoms with Gasteiger partial charge in [0.25, 0.3) is 0 Å². The summed E-state index contributed by atoms with van der Waals surface area (Å²) < 4.78 is 2.38. The van der Waals surface area contributed by atoms with Gasteiger partial charge in [-0.25, -0.2) is 9.97 Å². The molecule has 0 fully saturated rings. The van der Waals surface area contributed by atoms with Gasteiger partial charge in [0.15, 0.2) is 0 Å². The van der Waals surface area contributed by atoms with Gasteiger partial charge in [0, 0.05) is 38.0 Å². The van der Waals surface area contributed by atoms with Crippen molar-refractivity contribution in [2.75, 3.05) is 0 Å². The number of hydrogen-bond acceptors (Lipinski definition) is 2. The molecule has 0 radical (unpaired) electrons. The maximum Gasteiger partial charge on any atom is 0.0715 e.